The van der Waals surface area contributed by atoms with Crippen LogP contribution in [0.4, 0.5) is 0 Å². The van der Waals surface area contributed by atoms with Crippen molar-refractivity contribution in [2.45, 2.75) is 19.8 Å². The van der Waals surface area contributed by atoms with E-state index in [9.17, 15) is 0 Å². The van der Waals surface area contributed by atoms with Crippen LogP contribution in [0.15, 0.2) is 59.1 Å². The van der Waals surface area contributed by atoms with Gasteiger partial charge in [0, 0.05) is 23.0 Å². The zero-order chi connectivity index (χ0) is 16.1. The van der Waals surface area contributed by atoms with Crippen molar-refractivity contribution in [2.75, 3.05) is 6.61 Å². The van der Waals surface area contributed by atoms with Crippen LogP contribution in [0.3, 0.4) is 0 Å². The summed E-state index contributed by atoms with van der Waals surface area (Å²) in [7, 11) is 0. The van der Waals surface area contributed by atoms with Crippen molar-refractivity contribution in [3.8, 4) is 5.75 Å². The number of hydrogen-bond donors (Lipinski definition) is 1. The molecule has 118 valence electrons. The third-order valence-electron chi connectivity index (χ3n) is 3.67. The summed E-state index contributed by atoms with van der Waals surface area (Å²) in [5.74, 6) is 1.87. The lowest BCUT2D eigenvalue weighted by Gasteiger charge is -2.03. The number of rotatable bonds is 6. The fourth-order valence-corrected chi connectivity index (χ4v) is 2.70. The first-order valence-corrected chi connectivity index (χ1v) is 8.46. The molecule has 0 spiro atoms. The van der Waals surface area contributed by atoms with Gasteiger partial charge in [0.05, 0.1) is 12.3 Å². The molecular weight excluding hydrogens is 352 g/mol. The number of aryl methyl sites for hydroxylation is 1. The van der Waals surface area contributed by atoms with Crippen LogP contribution in [-0.2, 0) is 12.8 Å². The van der Waals surface area contributed by atoms with Crippen molar-refractivity contribution >= 4 is 15.9 Å². The van der Waals surface area contributed by atoms with Crippen LogP contribution in [0.1, 0.15) is 22.8 Å². The first-order valence-electron chi connectivity index (χ1n) is 7.67. The van der Waals surface area contributed by atoms with Crippen LogP contribution >= 0.6 is 15.9 Å². The number of aromatic amines is 1. The van der Waals surface area contributed by atoms with Crippen LogP contribution < -0.4 is 4.74 Å². The Morgan fingerprint density at radius 1 is 1.04 bits per heavy atom. The average Bonchev–Trinajstić information content (AvgIpc) is 2.90. The molecule has 4 heteroatoms. The molecule has 3 aromatic rings. The predicted octanol–water partition coefficient (Wildman–Crippen LogP) is 4.69. The molecule has 23 heavy (non-hydrogen) atoms. The zero-order valence-corrected chi connectivity index (χ0v) is 14.6. The van der Waals surface area contributed by atoms with E-state index in [4.69, 9.17) is 9.72 Å². The predicted molar refractivity (Wildman–Crippen MR) is 95.9 cm³/mol. The fourth-order valence-electron chi connectivity index (χ4n) is 2.43. The number of ether oxygens (including phenoxy) is 1. The minimum Gasteiger partial charge on any atom is -0.493 e. The number of nitrogens with one attached hydrogen (secondary N) is 1. The van der Waals surface area contributed by atoms with Gasteiger partial charge in [-0.05, 0) is 36.8 Å². The molecule has 0 saturated carbocycles. The lowest BCUT2D eigenvalue weighted by molar-refractivity contribution is 0.319. The van der Waals surface area contributed by atoms with Gasteiger partial charge in [-0.25, -0.2) is 4.98 Å². The summed E-state index contributed by atoms with van der Waals surface area (Å²) < 4.78 is 6.82. The summed E-state index contributed by atoms with van der Waals surface area (Å²) in [6.45, 7) is 2.69. The van der Waals surface area contributed by atoms with E-state index in [0.717, 1.165) is 40.3 Å². The molecule has 1 aromatic heterocycles. The number of benzene rings is 2. The maximum atomic E-state index is 5.73. The van der Waals surface area contributed by atoms with E-state index < -0.39 is 0 Å². The topological polar surface area (TPSA) is 37.9 Å². The highest BCUT2D eigenvalue weighted by Gasteiger charge is 2.08. The van der Waals surface area contributed by atoms with E-state index in [1.54, 1.807) is 0 Å². The molecule has 0 aliphatic carbocycles. The Labute approximate surface area is 144 Å². The molecule has 0 saturated heterocycles. The molecule has 0 amide bonds. The minimum absolute atomic E-state index is 0.620. The van der Waals surface area contributed by atoms with Crippen molar-refractivity contribution < 1.29 is 4.74 Å². The van der Waals surface area contributed by atoms with E-state index in [1.807, 2.05) is 30.3 Å². The SMILES string of the molecule is Cc1[nH]c(CCOc2ccccc2)nc1Cc1ccc(Br)cc1. The van der Waals surface area contributed by atoms with Crippen molar-refractivity contribution in [1.82, 2.24) is 9.97 Å². The Morgan fingerprint density at radius 2 is 1.78 bits per heavy atom. The monoisotopic (exact) mass is 370 g/mol. The molecular formula is C19H19BrN2O. The summed E-state index contributed by atoms with van der Waals surface area (Å²) in [6, 6.07) is 18.2. The highest BCUT2D eigenvalue weighted by Crippen LogP contribution is 2.16. The largest absolute Gasteiger partial charge is 0.493 e. The standard InChI is InChI=1S/C19H19BrN2O/c1-14-18(13-15-7-9-16(20)10-8-15)22-19(21-14)11-12-23-17-5-3-2-4-6-17/h2-10H,11-13H2,1H3,(H,21,22). The third kappa shape index (κ3) is 4.45. The smallest absolute Gasteiger partial charge is 0.119 e. The van der Waals surface area contributed by atoms with Crippen LogP contribution in [0.2, 0.25) is 0 Å². The first-order chi connectivity index (χ1) is 11.2. The molecule has 0 atom stereocenters. The average molecular weight is 371 g/mol. The number of halogens is 1. The number of H-pyrrole nitrogens is 1. The molecule has 1 N–H and O–H groups in total. The molecule has 0 fully saturated rings. The summed E-state index contributed by atoms with van der Waals surface area (Å²) in [6.07, 6.45) is 1.62. The molecule has 0 aliphatic heterocycles. The van der Waals surface area contributed by atoms with Gasteiger partial charge in [0.25, 0.3) is 0 Å². The van der Waals surface area contributed by atoms with E-state index in [1.165, 1.54) is 5.56 Å². The highest BCUT2D eigenvalue weighted by molar-refractivity contribution is 9.10. The number of aromatic nitrogens is 2. The lowest BCUT2D eigenvalue weighted by atomic mass is 10.1. The third-order valence-corrected chi connectivity index (χ3v) is 4.20. The second kappa shape index (κ2) is 7.47. The second-order valence-electron chi connectivity index (χ2n) is 5.47. The Bertz CT molecular complexity index is 751. The molecule has 0 bridgehead atoms. The molecule has 0 radical (unpaired) electrons. The first kappa shape index (κ1) is 15.8. The van der Waals surface area contributed by atoms with E-state index in [-0.39, 0.29) is 0 Å². The zero-order valence-electron chi connectivity index (χ0n) is 13.1. The fraction of sp³-hybridized carbons (Fsp3) is 0.211. The van der Waals surface area contributed by atoms with Gasteiger partial charge in [0.15, 0.2) is 0 Å². The van der Waals surface area contributed by atoms with Crippen molar-refractivity contribution in [1.29, 1.82) is 0 Å². The molecule has 3 rings (SSSR count). The number of imidazole rings is 1. The van der Waals surface area contributed by atoms with Crippen LogP contribution in [0.5, 0.6) is 5.75 Å². The maximum absolute atomic E-state index is 5.73. The van der Waals surface area contributed by atoms with Crippen molar-refractivity contribution in [3.63, 3.8) is 0 Å². The highest BCUT2D eigenvalue weighted by atomic mass is 79.9. The molecule has 1 heterocycles. The quantitative estimate of drug-likeness (QED) is 0.683. The molecule has 0 aliphatic rings. The van der Waals surface area contributed by atoms with E-state index in [2.05, 4.69) is 52.1 Å². The van der Waals surface area contributed by atoms with Gasteiger partial charge in [-0.15, -0.1) is 0 Å². The number of nitrogens with zero attached hydrogens (tertiary/aromatic N) is 1. The summed E-state index contributed by atoms with van der Waals surface area (Å²) >= 11 is 3.46. The van der Waals surface area contributed by atoms with Gasteiger partial charge in [0.1, 0.15) is 11.6 Å². The summed E-state index contributed by atoms with van der Waals surface area (Å²) in [4.78, 5) is 8.07. The number of para-hydroxylation sites is 1. The van der Waals surface area contributed by atoms with Crippen LogP contribution in [0.25, 0.3) is 0 Å². The van der Waals surface area contributed by atoms with Crippen LogP contribution in [-0.4, -0.2) is 16.6 Å². The van der Waals surface area contributed by atoms with Crippen molar-refractivity contribution in [3.05, 3.63) is 81.8 Å². The van der Waals surface area contributed by atoms with Gasteiger partial charge in [0.2, 0.25) is 0 Å². The minimum atomic E-state index is 0.620. The molecule has 2 aromatic carbocycles. The Kier molecular flexibility index (Phi) is 5.13. The van der Waals surface area contributed by atoms with Gasteiger partial charge in [-0.2, -0.15) is 0 Å². The molecule has 3 nitrogen and oxygen atoms in total. The Morgan fingerprint density at radius 3 is 2.52 bits per heavy atom. The van der Waals surface area contributed by atoms with Crippen LogP contribution in [0, 0.1) is 6.92 Å². The normalized spacial score (nSPS) is 10.7. The van der Waals surface area contributed by atoms with E-state index >= 15 is 0 Å². The second-order valence-corrected chi connectivity index (χ2v) is 6.39. The number of hydrogen-bond acceptors (Lipinski definition) is 2. The lowest BCUT2D eigenvalue weighted by Crippen LogP contribution is -2.02. The van der Waals surface area contributed by atoms with Gasteiger partial charge >= 0.3 is 0 Å². The maximum Gasteiger partial charge on any atom is 0.119 e. The molecule has 0 unspecified atom stereocenters. The summed E-state index contributed by atoms with van der Waals surface area (Å²) in [5.41, 5.74) is 3.49. The van der Waals surface area contributed by atoms with E-state index in [0.29, 0.717) is 6.61 Å². The summed E-state index contributed by atoms with van der Waals surface area (Å²) in [5, 5.41) is 0. The Balaban J connectivity index is 1.58. The van der Waals surface area contributed by atoms with Gasteiger partial charge < -0.3 is 9.72 Å². The Hall–Kier alpha value is -2.07. The van der Waals surface area contributed by atoms with Crippen molar-refractivity contribution in [2.24, 2.45) is 0 Å². The van der Waals surface area contributed by atoms with Gasteiger partial charge in [-0.1, -0.05) is 46.3 Å². The van der Waals surface area contributed by atoms with Gasteiger partial charge in [-0.3, -0.25) is 0 Å².